The van der Waals surface area contributed by atoms with Crippen LogP contribution in [0.5, 0.6) is 0 Å². The number of nitriles is 1. The molecular weight excluding hydrogens is 287 g/mol. The second-order valence-electron chi connectivity index (χ2n) is 4.64. The maximum absolute atomic E-state index is 14.2. The van der Waals surface area contributed by atoms with Crippen LogP contribution in [0.3, 0.4) is 0 Å². The van der Waals surface area contributed by atoms with Crippen LogP contribution in [0.2, 0.25) is 0 Å². The Kier molecular flexibility index (Phi) is 4.47. The minimum atomic E-state index is -0.945. The van der Waals surface area contributed by atoms with Crippen LogP contribution in [-0.2, 0) is 14.3 Å². The SMILES string of the molecule is CCOC(=O)C1=C(C)OC(N)=C(C#N)[C@@H]1c1ccccc1F. The molecule has 1 aromatic carbocycles. The number of nitrogens with two attached hydrogens (primary N) is 1. The van der Waals surface area contributed by atoms with E-state index in [2.05, 4.69) is 0 Å². The monoisotopic (exact) mass is 302 g/mol. The Morgan fingerprint density at radius 2 is 2.18 bits per heavy atom. The molecule has 114 valence electrons. The first-order valence-electron chi connectivity index (χ1n) is 6.71. The molecule has 0 radical (unpaired) electrons. The minimum Gasteiger partial charge on any atom is -0.463 e. The summed E-state index contributed by atoms with van der Waals surface area (Å²) in [6, 6.07) is 7.81. The molecule has 0 fully saturated rings. The van der Waals surface area contributed by atoms with E-state index in [1.807, 2.05) is 6.07 Å². The van der Waals surface area contributed by atoms with Crippen LogP contribution in [0, 0.1) is 17.1 Å². The van der Waals surface area contributed by atoms with Gasteiger partial charge in [0.15, 0.2) is 0 Å². The summed E-state index contributed by atoms with van der Waals surface area (Å²) in [5.41, 5.74) is 5.96. The van der Waals surface area contributed by atoms with Crippen molar-refractivity contribution in [1.29, 1.82) is 5.26 Å². The Morgan fingerprint density at radius 3 is 2.77 bits per heavy atom. The standard InChI is InChI=1S/C16H15FN2O3/c1-3-21-16(20)13-9(2)22-15(19)11(8-18)14(13)10-6-4-5-7-12(10)17/h4-7,14H,3,19H2,1-2H3/t14-/m0/s1. The van der Waals surface area contributed by atoms with Crippen molar-refractivity contribution in [3.63, 3.8) is 0 Å². The van der Waals surface area contributed by atoms with Crippen molar-refractivity contribution < 1.29 is 18.7 Å². The van der Waals surface area contributed by atoms with Crippen molar-refractivity contribution in [2.45, 2.75) is 19.8 Å². The first-order chi connectivity index (χ1) is 10.5. The third-order valence-electron chi connectivity index (χ3n) is 3.32. The van der Waals surface area contributed by atoms with Gasteiger partial charge in [-0.3, -0.25) is 0 Å². The number of rotatable bonds is 3. The molecule has 0 spiro atoms. The van der Waals surface area contributed by atoms with Crippen LogP contribution >= 0.6 is 0 Å². The Hall–Kier alpha value is -2.81. The lowest BCUT2D eigenvalue weighted by Crippen LogP contribution is -2.26. The van der Waals surface area contributed by atoms with Gasteiger partial charge in [0, 0.05) is 5.56 Å². The van der Waals surface area contributed by atoms with Crippen molar-refractivity contribution in [3.8, 4) is 6.07 Å². The van der Waals surface area contributed by atoms with Crippen molar-refractivity contribution in [3.05, 3.63) is 58.4 Å². The fourth-order valence-corrected chi connectivity index (χ4v) is 2.38. The van der Waals surface area contributed by atoms with E-state index in [9.17, 15) is 14.4 Å². The molecule has 0 amide bonds. The molecule has 1 heterocycles. The summed E-state index contributed by atoms with van der Waals surface area (Å²) in [6.45, 7) is 3.34. The summed E-state index contributed by atoms with van der Waals surface area (Å²) in [6.07, 6.45) is 0. The number of hydrogen-bond donors (Lipinski definition) is 1. The molecule has 5 nitrogen and oxygen atoms in total. The molecule has 2 rings (SSSR count). The quantitative estimate of drug-likeness (QED) is 0.867. The number of nitrogens with zero attached hydrogens (tertiary/aromatic N) is 1. The number of hydrogen-bond acceptors (Lipinski definition) is 5. The normalized spacial score (nSPS) is 17.8. The molecule has 0 saturated heterocycles. The van der Waals surface area contributed by atoms with Crippen molar-refractivity contribution in [1.82, 2.24) is 0 Å². The average Bonchev–Trinajstić information content (AvgIpc) is 2.47. The van der Waals surface area contributed by atoms with E-state index >= 15 is 0 Å². The van der Waals surface area contributed by atoms with Gasteiger partial charge in [-0.05, 0) is 19.9 Å². The summed E-state index contributed by atoms with van der Waals surface area (Å²) < 4.78 is 24.4. The van der Waals surface area contributed by atoms with E-state index in [-0.39, 0.29) is 35.0 Å². The third kappa shape index (κ3) is 2.66. The molecule has 22 heavy (non-hydrogen) atoms. The molecule has 0 saturated carbocycles. The number of halogens is 1. The Labute approximate surface area is 127 Å². The number of benzene rings is 1. The number of allylic oxidation sites excluding steroid dienone is 2. The smallest absolute Gasteiger partial charge is 0.338 e. The van der Waals surface area contributed by atoms with Gasteiger partial charge in [0.2, 0.25) is 5.88 Å². The number of esters is 1. The zero-order valence-electron chi connectivity index (χ0n) is 12.2. The molecule has 2 N–H and O–H groups in total. The highest BCUT2D eigenvalue weighted by Gasteiger charge is 2.37. The van der Waals surface area contributed by atoms with Crippen LogP contribution in [0.15, 0.2) is 47.1 Å². The molecular formula is C16H15FN2O3. The van der Waals surface area contributed by atoms with Gasteiger partial charge in [0.25, 0.3) is 0 Å². The summed E-state index contributed by atoms with van der Waals surface area (Å²) in [7, 11) is 0. The van der Waals surface area contributed by atoms with E-state index < -0.39 is 17.7 Å². The van der Waals surface area contributed by atoms with Crippen molar-refractivity contribution in [2.75, 3.05) is 6.61 Å². The van der Waals surface area contributed by atoms with E-state index in [1.165, 1.54) is 25.1 Å². The van der Waals surface area contributed by atoms with Crippen LogP contribution in [0.1, 0.15) is 25.3 Å². The van der Waals surface area contributed by atoms with E-state index in [0.29, 0.717) is 0 Å². The Morgan fingerprint density at radius 1 is 1.50 bits per heavy atom. The van der Waals surface area contributed by atoms with Gasteiger partial charge < -0.3 is 15.2 Å². The predicted octanol–water partition coefficient (Wildman–Crippen LogP) is 2.47. The molecule has 1 atom stereocenters. The first kappa shape index (κ1) is 15.6. The fourth-order valence-electron chi connectivity index (χ4n) is 2.38. The Bertz CT molecular complexity index is 716. The lowest BCUT2D eigenvalue weighted by atomic mass is 9.83. The topological polar surface area (TPSA) is 85.3 Å². The second kappa shape index (κ2) is 6.31. The van der Waals surface area contributed by atoms with Gasteiger partial charge in [0.1, 0.15) is 23.2 Å². The fraction of sp³-hybridized carbons (Fsp3) is 0.250. The zero-order valence-corrected chi connectivity index (χ0v) is 12.2. The van der Waals surface area contributed by atoms with Crippen molar-refractivity contribution in [2.24, 2.45) is 5.73 Å². The van der Waals surface area contributed by atoms with Gasteiger partial charge in [-0.25, -0.2) is 9.18 Å². The van der Waals surface area contributed by atoms with Gasteiger partial charge in [0.05, 0.1) is 18.1 Å². The maximum atomic E-state index is 14.2. The molecule has 6 heteroatoms. The van der Waals surface area contributed by atoms with Crippen LogP contribution in [0.4, 0.5) is 4.39 Å². The second-order valence-corrected chi connectivity index (χ2v) is 4.64. The highest BCUT2D eigenvalue weighted by atomic mass is 19.1. The Balaban J connectivity index is 2.65. The van der Waals surface area contributed by atoms with Gasteiger partial charge >= 0.3 is 5.97 Å². The molecule has 0 aliphatic carbocycles. The van der Waals surface area contributed by atoms with Crippen LogP contribution in [-0.4, -0.2) is 12.6 Å². The third-order valence-corrected chi connectivity index (χ3v) is 3.32. The number of ether oxygens (including phenoxy) is 2. The lowest BCUT2D eigenvalue weighted by molar-refractivity contribution is -0.139. The lowest BCUT2D eigenvalue weighted by Gasteiger charge is -2.27. The average molecular weight is 302 g/mol. The first-order valence-corrected chi connectivity index (χ1v) is 6.71. The summed E-state index contributed by atoms with van der Waals surface area (Å²) in [4.78, 5) is 12.2. The molecule has 0 unspecified atom stereocenters. The summed E-state index contributed by atoms with van der Waals surface area (Å²) in [5, 5.41) is 9.33. The molecule has 1 aliphatic heterocycles. The molecule has 1 aromatic rings. The van der Waals surface area contributed by atoms with Gasteiger partial charge in [-0.1, -0.05) is 18.2 Å². The van der Waals surface area contributed by atoms with Gasteiger partial charge in [-0.2, -0.15) is 5.26 Å². The molecule has 0 aromatic heterocycles. The maximum Gasteiger partial charge on any atom is 0.338 e. The van der Waals surface area contributed by atoms with E-state index in [4.69, 9.17) is 15.2 Å². The van der Waals surface area contributed by atoms with Crippen LogP contribution < -0.4 is 5.73 Å². The van der Waals surface area contributed by atoms with Crippen LogP contribution in [0.25, 0.3) is 0 Å². The minimum absolute atomic E-state index is 0.0150. The largest absolute Gasteiger partial charge is 0.463 e. The molecule has 1 aliphatic rings. The van der Waals surface area contributed by atoms with Gasteiger partial charge in [-0.15, -0.1) is 0 Å². The highest BCUT2D eigenvalue weighted by Crippen LogP contribution is 2.40. The van der Waals surface area contributed by atoms with E-state index in [1.54, 1.807) is 13.0 Å². The number of carbonyl (C=O) groups is 1. The molecule has 0 bridgehead atoms. The summed E-state index contributed by atoms with van der Waals surface area (Å²) in [5.74, 6) is -2.08. The summed E-state index contributed by atoms with van der Waals surface area (Å²) >= 11 is 0. The van der Waals surface area contributed by atoms with Crippen molar-refractivity contribution >= 4 is 5.97 Å². The number of carbonyl (C=O) groups excluding carboxylic acids is 1. The predicted molar refractivity (Wildman–Crippen MR) is 76.4 cm³/mol. The van der Waals surface area contributed by atoms with E-state index in [0.717, 1.165) is 0 Å². The zero-order chi connectivity index (χ0) is 16.3. The highest BCUT2D eigenvalue weighted by molar-refractivity contribution is 5.92.